The summed E-state index contributed by atoms with van der Waals surface area (Å²) in [7, 11) is 0. The number of nitrogens with one attached hydrogen (secondary N) is 1. The van der Waals surface area contributed by atoms with Crippen molar-refractivity contribution in [3.8, 4) is 10.6 Å². The molecule has 0 aliphatic heterocycles. The van der Waals surface area contributed by atoms with Crippen LogP contribution >= 0.6 is 22.7 Å². The zero-order chi connectivity index (χ0) is 16.1. The number of thiazole rings is 2. The fourth-order valence-corrected chi connectivity index (χ4v) is 5.20. The second-order valence-electron chi connectivity index (χ2n) is 6.22. The molecular weight excluding hydrogens is 342 g/mol. The van der Waals surface area contributed by atoms with Gasteiger partial charge in [-0.3, -0.25) is 9.88 Å². The van der Waals surface area contributed by atoms with Crippen molar-refractivity contribution in [2.24, 2.45) is 5.92 Å². The summed E-state index contributed by atoms with van der Waals surface area (Å²) in [5, 5.41) is 4.73. The molecule has 0 aromatic carbocycles. The average Bonchev–Trinajstić information content (AvgIpc) is 2.99. The van der Waals surface area contributed by atoms with Gasteiger partial charge >= 0.3 is 6.03 Å². The molecule has 0 unspecified atom stereocenters. The molecule has 1 saturated carbocycles. The largest absolute Gasteiger partial charge is 0.333 e. The molecule has 3 heterocycles. The van der Waals surface area contributed by atoms with Crippen LogP contribution in [0.3, 0.4) is 0 Å². The molecule has 122 valence electrons. The summed E-state index contributed by atoms with van der Waals surface area (Å²) in [5.74, 6) is 0.851. The Morgan fingerprint density at radius 1 is 1.29 bits per heavy atom. The molecule has 2 aliphatic rings. The molecule has 24 heavy (non-hydrogen) atoms. The molecule has 6 nitrogen and oxygen atoms in total. The van der Waals surface area contributed by atoms with Gasteiger partial charge in [0, 0.05) is 23.7 Å². The van der Waals surface area contributed by atoms with Crippen LogP contribution in [0.1, 0.15) is 28.4 Å². The standard InChI is InChI=1S/C16H15N5OS2/c22-16(21-6-5-17-8-21)20-15-18-10-3-4-11-13(14(10)24-15)19-12(23-11)7-9-1-2-9/h5-6,8-9H,1-4,7H2,(H,18,20,22). The smallest absolute Gasteiger partial charge is 0.283 e. The lowest BCUT2D eigenvalue weighted by Crippen LogP contribution is -2.17. The Morgan fingerprint density at radius 2 is 2.21 bits per heavy atom. The molecule has 8 heteroatoms. The van der Waals surface area contributed by atoms with Gasteiger partial charge in [0.25, 0.3) is 0 Å². The molecule has 2 aliphatic carbocycles. The average molecular weight is 357 g/mol. The lowest BCUT2D eigenvalue weighted by atomic mass is 10.1. The third-order valence-corrected chi connectivity index (χ3v) is 6.51. The Morgan fingerprint density at radius 3 is 3.00 bits per heavy atom. The minimum atomic E-state index is -0.244. The first-order valence-electron chi connectivity index (χ1n) is 8.04. The van der Waals surface area contributed by atoms with E-state index in [9.17, 15) is 4.79 Å². The monoisotopic (exact) mass is 357 g/mol. The van der Waals surface area contributed by atoms with Gasteiger partial charge in [0.1, 0.15) is 6.33 Å². The van der Waals surface area contributed by atoms with E-state index in [1.807, 2.05) is 11.3 Å². The predicted molar refractivity (Wildman–Crippen MR) is 93.7 cm³/mol. The van der Waals surface area contributed by atoms with E-state index in [4.69, 9.17) is 4.98 Å². The maximum atomic E-state index is 12.1. The summed E-state index contributed by atoms with van der Waals surface area (Å²) in [4.78, 5) is 28.0. The van der Waals surface area contributed by atoms with Crippen molar-refractivity contribution in [1.29, 1.82) is 0 Å². The first-order chi connectivity index (χ1) is 11.8. The first-order valence-corrected chi connectivity index (χ1v) is 9.67. The minimum Gasteiger partial charge on any atom is -0.283 e. The van der Waals surface area contributed by atoms with Crippen LogP contribution < -0.4 is 5.32 Å². The summed E-state index contributed by atoms with van der Waals surface area (Å²) in [5.41, 5.74) is 2.15. The topological polar surface area (TPSA) is 72.7 Å². The van der Waals surface area contributed by atoms with Crippen molar-refractivity contribution in [1.82, 2.24) is 19.5 Å². The van der Waals surface area contributed by atoms with E-state index < -0.39 is 0 Å². The lowest BCUT2D eigenvalue weighted by Gasteiger charge is -2.07. The Balaban J connectivity index is 1.42. The number of fused-ring (bicyclic) bond motifs is 3. The van der Waals surface area contributed by atoms with Gasteiger partial charge in [-0.2, -0.15) is 0 Å². The number of carbonyl (C=O) groups excluding carboxylic acids is 1. The quantitative estimate of drug-likeness (QED) is 0.777. The van der Waals surface area contributed by atoms with Crippen molar-refractivity contribution in [2.75, 3.05) is 5.32 Å². The number of hydrogen-bond donors (Lipinski definition) is 1. The van der Waals surface area contributed by atoms with Gasteiger partial charge in [0.05, 0.1) is 21.3 Å². The number of amides is 1. The summed E-state index contributed by atoms with van der Waals surface area (Å²) in [6, 6.07) is -0.244. The molecule has 3 aromatic rings. The van der Waals surface area contributed by atoms with Crippen LogP contribution in [0, 0.1) is 5.92 Å². The molecule has 0 radical (unpaired) electrons. The van der Waals surface area contributed by atoms with E-state index >= 15 is 0 Å². The van der Waals surface area contributed by atoms with Crippen molar-refractivity contribution >= 4 is 33.8 Å². The fraction of sp³-hybridized carbons (Fsp3) is 0.375. The van der Waals surface area contributed by atoms with Crippen LogP contribution in [0.15, 0.2) is 18.7 Å². The number of aryl methyl sites for hydroxylation is 2. The molecule has 1 N–H and O–H groups in total. The third-order valence-electron chi connectivity index (χ3n) is 4.36. The molecule has 0 atom stereocenters. The molecule has 1 amide bonds. The second kappa shape index (κ2) is 5.49. The van der Waals surface area contributed by atoms with Crippen LogP contribution in [0.4, 0.5) is 9.93 Å². The molecule has 3 aromatic heterocycles. The number of anilines is 1. The Hall–Kier alpha value is -2.06. The van der Waals surface area contributed by atoms with E-state index in [1.165, 1.54) is 45.0 Å². The summed E-state index contributed by atoms with van der Waals surface area (Å²) < 4.78 is 1.41. The molecule has 1 fully saturated rings. The number of hydrogen-bond acceptors (Lipinski definition) is 6. The highest BCUT2D eigenvalue weighted by Gasteiger charge is 2.28. The van der Waals surface area contributed by atoms with Gasteiger partial charge in [-0.15, -0.1) is 11.3 Å². The van der Waals surface area contributed by atoms with Crippen LogP contribution in [0.2, 0.25) is 0 Å². The minimum absolute atomic E-state index is 0.244. The number of imidazole rings is 1. The zero-order valence-electron chi connectivity index (χ0n) is 12.9. The van der Waals surface area contributed by atoms with Gasteiger partial charge in [0.15, 0.2) is 5.13 Å². The predicted octanol–water partition coefficient (Wildman–Crippen LogP) is 3.59. The highest BCUT2D eigenvalue weighted by Crippen LogP contribution is 2.43. The van der Waals surface area contributed by atoms with Crippen LogP contribution in [-0.2, 0) is 19.3 Å². The highest BCUT2D eigenvalue weighted by atomic mass is 32.1. The molecule has 5 rings (SSSR count). The van der Waals surface area contributed by atoms with Gasteiger partial charge < -0.3 is 0 Å². The van der Waals surface area contributed by atoms with Gasteiger partial charge in [0.2, 0.25) is 0 Å². The van der Waals surface area contributed by atoms with Gasteiger partial charge in [-0.25, -0.2) is 19.7 Å². The van der Waals surface area contributed by atoms with Crippen LogP contribution in [0.5, 0.6) is 0 Å². The summed E-state index contributed by atoms with van der Waals surface area (Å²) in [6.07, 6.45) is 10.4. The highest BCUT2D eigenvalue weighted by molar-refractivity contribution is 7.19. The fourth-order valence-electron chi connectivity index (χ4n) is 2.93. The SMILES string of the molecule is O=C(Nc1nc2c(s1)-c1nc(CC3CC3)sc1CC2)n1ccnc1. The Bertz CT molecular complexity index is 907. The van der Waals surface area contributed by atoms with E-state index in [2.05, 4.69) is 15.3 Å². The van der Waals surface area contributed by atoms with Crippen molar-refractivity contribution in [2.45, 2.75) is 32.1 Å². The number of rotatable bonds is 3. The first kappa shape index (κ1) is 14.3. The maximum Gasteiger partial charge on any atom is 0.333 e. The number of carbonyl (C=O) groups is 1. The van der Waals surface area contributed by atoms with Gasteiger partial charge in [-0.1, -0.05) is 11.3 Å². The second-order valence-corrected chi connectivity index (χ2v) is 8.39. The van der Waals surface area contributed by atoms with Crippen molar-refractivity contribution in [3.05, 3.63) is 34.3 Å². The van der Waals surface area contributed by atoms with E-state index in [0.29, 0.717) is 5.13 Å². The third kappa shape index (κ3) is 2.55. The van der Waals surface area contributed by atoms with Crippen LogP contribution in [-0.4, -0.2) is 25.6 Å². The Kier molecular flexibility index (Phi) is 3.27. The van der Waals surface area contributed by atoms with Crippen molar-refractivity contribution < 1.29 is 4.79 Å². The molecule has 0 saturated heterocycles. The number of nitrogens with zero attached hydrogens (tertiary/aromatic N) is 4. The lowest BCUT2D eigenvalue weighted by molar-refractivity contribution is 0.253. The normalized spacial score (nSPS) is 15.8. The van der Waals surface area contributed by atoms with Crippen LogP contribution in [0.25, 0.3) is 10.6 Å². The van der Waals surface area contributed by atoms with E-state index in [1.54, 1.807) is 12.4 Å². The molecule has 0 spiro atoms. The molecular formula is C16H15N5OS2. The summed E-state index contributed by atoms with van der Waals surface area (Å²) in [6.45, 7) is 0. The van der Waals surface area contributed by atoms with E-state index in [0.717, 1.165) is 41.4 Å². The summed E-state index contributed by atoms with van der Waals surface area (Å²) >= 11 is 3.38. The van der Waals surface area contributed by atoms with Crippen molar-refractivity contribution in [3.63, 3.8) is 0 Å². The van der Waals surface area contributed by atoms with E-state index in [-0.39, 0.29) is 6.03 Å². The maximum absolute atomic E-state index is 12.1. The number of aromatic nitrogens is 4. The molecule has 0 bridgehead atoms. The zero-order valence-corrected chi connectivity index (χ0v) is 14.5. The van der Waals surface area contributed by atoms with Gasteiger partial charge in [-0.05, 0) is 31.6 Å². The Labute approximate surface area is 146 Å².